The Labute approximate surface area is 152 Å². The van der Waals surface area contributed by atoms with Gasteiger partial charge in [-0.2, -0.15) is 13.2 Å². The highest BCUT2D eigenvalue weighted by molar-refractivity contribution is 6.30. The second-order valence-electron chi connectivity index (χ2n) is 6.01. The summed E-state index contributed by atoms with van der Waals surface area (Å²) in [6.07, 6.45) is -3.48. The third-order valence-corrected chi connectivity index (χ3v) is 4.50. The van der Waals surface area contributed by atoms with Gasteiger partial charge in [0, 0.05) is 22.9 Å². The summed E-state index contributed by atoms with van der Waals surface area (Å²) in [7, 11) is 0. The van der Waals surface area contributed by atoms with Gasteiger partial charge in [0.05, 0.1) is 5.56 Å². The van der Waals surface area contributed by atoms with Crippen LogP contribution < -0.4 is 10.2 Å². The van der Waals surface area contributed by atoms with Crippen molar-refractivity contribution in [2.75, 3.05) is 16.8 Å². The standard InChI is InChI=1S/C18H15ClF4N2O/c19-11-3-6-13(7-4-11)25-9-1-2-16(25)17(26)24-12-5-8-15(20)14(10-12)18(21,22)23/h3-8,10,16H,1-2,9H2,(H,24,26). The van der Waals surface area contributed by atoms with Crippen LogP contribution in [0.1, 0.15) is 18.4 Å². The van der Waals surface area contributed by atoms with Gasteiger partial charge in [0.15, 0.2) is 0 Å². The first-order valence-corrected chi connectivity index (χ1v) is 8.33. The van der Waals surface area contributed by atoms with E-state index < -0.39 is 29.5 Å². The zero-order valence-electron chi connectivity index (χ0n) is 13.5. The summed E-state index contributed by atoms with van der Waals surface area (Å²) in [6.45, 7) is 0.650. The second kappa shape index (κ2) is 7.15. The lowest BCUT2D eigenvalue weighted by Gasteiger charge is -2.26. The van der Waals surface area contributed by atoms with Crippen LogP contribution in [0.2, 0.25) is 5.02 Å². The van der Waals surface area contributed by atoms with Gasteiger partial charge < -0.3 is 10.2 Å². The average molecular weight is 387 g/mol. The predicted molar refractivity (Wildman–Crippen MR) is 91.9 cm³/mol. The molecule has 1 aliphatic heterocycles. The van der Waals surface area contributed by atoms with Crippen LogP contribution in [0.15, 0.2) is 42.5 Å². The van der Waals surface area contributed by atoms with E-state index in [1.165, 1.54) is 0 Å². The molecule has 2 aromatic carbocycles. The molecule has 0 bridgehead atoms. The van der Waals surface area contributed by atoms with Crippen LogP contribution in [0.3, 0.4) is 0 Å². The Balaban J connectivity index is 1.78. The number of hydrogen-bond donors (Lipinski definition) is 1. The fourth-order valence-corrected chi connectivity index (χ4v) is 3.15. The Morgan fingerprint density at radius 2 is 1.85 bits per heavy atom. The number of rotatable bonds is 3. The van der Waals surface area contributed by atoms with Crippen molar-refractivity contribution < 1.29 is 22.4 Å². The summed E-state index contributed by atoms with van der Waals surface area (Å²) in [5.74, 6) is -1.81. The van der Waals surface area contributed by atoms with Crippen molar-refractivity contribution >= 4 is 28.9 Å². The molecule has 138 valence electrons. The first-order chi connectivity index (χ1) is 12.3. The van der Waals surface area contributed by atoms with Gasteiger partial charge in [-0.15, -0.1) is 0 Å². The summed E-state index contributed by atoms with van der Waals surface area (Å²) in [4.78, 5) is 14.4. The number of benzene rings is 2. The summed E-state index contributed by atoms with van der Waals surface area (Å²) < 4.78 is 51.8. The molecule has 1 amide bonds. The smallest absolute Gasteiger partial charge is 0.360 e. The van der Waals surface area contributed by atoms with E-state index in [0.29, 0.717) is 30.1 Å². The van der Waals surface area contributed by atoms with Gasteiger partial charge in [-0.3, -0.25) is 4.79 Å². The van der Waals surface area contributed by atoms with E-state index in [2.05, 4.69) is 5.32 Å². The molecular formula is C18H15ClF4N2O. The van der Waals surface area contributed by atoms with E-state index >= 15 is 0 Å². The lowest BCUT2D eigenvalue weighted by molar-refractivity contribution is -0.140. The third kappa shape index (κ3) is 3.93. The fourth-order valence-electron chi connectivity index (χ4n) is 3.03. The quantitative estimate of drug-likeness (QED) is 0.744. The number of carbonyl (C=O) groups excluding carboxylic acids is 1. The van der Waals surface area contributed by atoms with E-state index in [1.807, 2.05) is 4.90 Å². The molecular weight excluding hydrogens is 372 g/mol. The summed E-state index contributed by atoms with van der Waals surface area (Å²) >= 11 is 5.87. The normalized spacial score (nSPS) is 17.4. The molecule has 1 heterocycles. The van der Waals surface area contributed by atoms with Gasteiger partial charge >= 0.3 is 6.18 Å². The van der Waals surface area contributed by atoms with E-state index in [9.17, 15) is 22.4 Å². The van der Waals surface area contributed by atoms with Crippen molar-refractivity contribution in [1.29, 1.82) is 0 Å². The van der Waals surface area contributed by atoms with E-state index in [0.717, 1.165) is 18.2 Å². The second-order valence-corrected chi connectivity index (χ2v) is 6.45. The van der Waals surface area contributed by atoms with Crippen LogP contribution in [0.5, 0.6) is 0 Å². The van der Waals surface area contributed by atoms with Crippen molar-refractivity contribution in [3.05, 3.63) is 58.9 Å². The van der Waals surface area contributed by atoms with Crippen LogP contribution in [-0.2, 0) is 11.0 Å². The maximum Gasteiger partial charge on any atom is 0.419 e. The number of nitrogens with zero attached hydrogens (tertiary/aromatic N) is 1. The molecule has 0 spiro atoms. The van der Waals surface area contributed by atoms with Gasteiger partial charge in [0.25, 0.3) is 0 Å². The van der Waals surface area contributed by atoms with Gasteiger partial charge in [0.1, 0.15) is 11.9 Å². The minimum Gasteiger partial charge on any atom is -0.360 e. The highest BCUT2D eigenvalue weighted by Gasteiger charge is 2.35. The monoisotopic (exact) mass is 386 g/mol. The topological polar surface area (TPSA) is 32.3 Å². The summed E-state index contributed by atoms with van der Waals surface area (Å²) in [5, 5.41) is 3.03. The average Bonchev–Trinajstić information content (AvgIpc) is 3.06. The van der Waals surface area contributed by atoms with E-state index in [-0.39, 0.29) is 5.69 Å². The van der Waals surface area contributed by atoms with Crippen molar-refractivity contribution in [3.63, 3.8) is 0 Å². The molecule has 3 nitrogen and oxygen atoms in total. The number of amides is 1. The molecule has 1 atom stereocenters. The van der Waals surface area contributed by atoms with E-state index in [1.54, 1.807) is 24.3 Å². The number of halogens is 5. The molecule has 1 fully saturated rings. The highest BCUT2D eigenvalue weighted by Crippen LogP contribution is 2.33. The molecule has 1 unspecified atom stereocenters. The molecule has 8 heteroatoms. The van der Waals surface area contributed by atoms with Gasteiger partial charge in [-0.25, -0.2) is 4.39 Å². The molecule has 0 saturated carbocycles. The molecule has 26 heavy (non-hydrogen) atoms. The number of alkyl halides is 3. The highest BCUT2D eigenvalue weighted by atomic mass is 35.5. The van der Waals surface area contributed by atoms with Crippen molar-refractivity contribution in [1.82, 2.24) is 0 Å². The van der Waals surface area contributed by atoms with E-state index in [4.69, 9.17) is 11.6 Å². The lowest BCUT2D eigenvalue weighted by Crippen LogP contribution is -2.39. The molecule has 1 aliphatic rings. The molecule has 1 saturated heterocycles. The molecule has 1 N–H and O–H groups in total. The van der Waals surface area contributed by atoms with Gasteiger partial charge in [-0.05, 0) is 55.3 Å². The van der Waals surface area contributed by atoms with Crippen LogP contribution in [0.4, 0.5) is 28.9 Å². The Morgan fingerprint density at radius 3 is 2.50 bits per heavy atom. The minimum absolute atomic E-state index is 0.0910. The zero-order chi connectivity index (χ0) is 18.9. The first kappa shape index (κ1) is 18.5. The number of anilines is 2. The lowest BCUT2D eigenvalue weighted by atomic mass is 10.1. The van der Waals surface area contributed by atoms with Gasteiger partial charge in [-0.1, -0.05) is 11.6 Å². The Morgan fingerprint density at radius 1 is 1.15 bits per heavy atom. The third-order valence-electron chi connectivity index (χ3n) is 4.25. The molecule has 0 radical (unpaired) electrons. The summed E-state index contributed by atoms with van der Waals surface area (Å²) in [5.41, 5.74) is -0.690. The first-order valence-electron chi connectivity index (χ1n) is 7.95. The SMILES string of the molecule is O=C(Nc1ccc(F)c(C(F)(F)F)c1)C1CCCN1c1ccc(Cl)cc1. The van der Waals surface area contributed by atoms with Crippen molar-refractivity contribution in [2.24, 2.45) is 0 Å². The molecule has 0 aliphatic carbocycles. The van der Waals surface area contributed by atoms with Crippen LogP contribution in [-0.4, -0.2) is 18.5 Å². The Bertz CT molecular complexity index is 808. The number of carbonyl (C=O) groups is 1. The Hall–Kier alpha value is -2.28. The molecule has 0 aromatic heterocycles. The maximum absolute atomic E-state index is 13.4. The van der Waals surface area contributed by atoms with Crippen LogP contribution >= 0.6 is 11.6 Å². The number of hydrogen-bond acceptors (Lipinski definition) is 2. The van der Waals surface area contributed by atoms with Crippen LogP contribution in [0, 0.1) is 5.82 Å². The molecule has 2 aromatic rings. The summed E-state index contributed by atoms with van der Waals surface area (Å²) in [6, 6.07) is 8.89. The zero-order valence-corrected chi connectivity index (χ0v) is 14.2. The minimum atomic E-state index is -4.83. The van der Waals surface area contributed by atoms with Crippen molar-refractivity contribution in [3.8, 4) is 0 Å². The van der Waals surface area contributed by atoms with Crippen molar-refractivity contribution in [2.45, 2.75) is 25.1 Å². The van der Waals surface area contributed by atoms with Crippen LogP contribution in [0.25, 0.3) is 0 Å². The molecule has 3 rings (SSSR count). The number of nitrogens with one attached hydrogen (secondary N) is 1. The predicted octanol–water partition coefficient (Wildman–Crippen LogP) is 5.11. The fraction of sp³-hybridized carbons (Fsp3) is 0.278. The maximum atomic E-state index is 13.4. The largest absolute Gasteiger partial charge is 0.419 e. The Kier molecular flexibility index (Phi) is 5.09. The van der Waals surface area contributed by atoms with Gasteiger partial charge in [0.2, 0.25) is 5.91 Å².